The minimum atomic E-state index is -0.506. The molecule has 88 valence electrons. The average Bonchev–Trinajstić information content (AvgIpc) is 2.61. The molecule has 2 aromatic rings. The smallest absolute Gasteiger partial charge is 0.293 e. The maximum atomic E-state index is 13.3. The SMILES string of the molecule is Cc1nc(C)c(C(=O)Nc2ccccc2F)o1. The zero-order valence-corrected chi connectivity index (χ0v) is 9.45. The van der Waals surface area contributed by atoms with E-state index in [1.807, 2.05) is 0 Å². The molecule has 0 saturated heterocycles. The van der Waals surface area contributed by atoms with Gasteiger partial charge in [0.05, 0.1) is 11.4 Å². The topological polar surface area (TPSA) is 55.1 Å². The molecular formula is C12H11FN2O2. The molecule has 1 N–H and O–H groups in total. The number of rotatable bonds is 2. The van der Waals surface area contributed by atoms with Gasteiger partial charge in [-0.3, -0.25) is 4.79 Å². The summed E-state index contributed by atoms with van der Waals surface area (Å²) in [6.45, 7) is 3.31. The maximum absolute atomic E-state index is 13.3. The van der Waals surface area contributed by atoms with Crippen LogP contribution in [0, 0.1) is 19.7 Å². The van der Waals surface area contributed by atoms with Crippen molar-refractivity contribution in [2.45, 2.75) is 13.8 Å². The highest BCUT2D eigenvalue weighted by molar-refractivity contribution is 6.02. The van der Waals surface area contributed by atoms with Crippen LogP contribution in [0.3, 0.4) is 0 Å². The molecule has 0 spiro atoms. The summed E-state index contributed by atoms with van der Waals surface area (Å²) in [6, 6.07) is 5.94. The summed E-state index contributed by atoms with van der Waals surface area (Å²) < 4.78 is 18.5. The summed E-state index contributed by atoms with van der Waals surface area (Å²) in [6.07, 6.45) is 0. The number of aryl methyl sites for hydroxylation is 2. The van der Waals surface area contributed by atoms with Crippen LogP contribution in [0.4, 0.5) is 10.1 Å². The molecule has 1 amide bonds. The molecule has 0 bridgehead atoms. The van der Waals surface area contributed by atoms with Crippen molar-refractivity contribution in [1.82, 2.24) is 4.98 Å². The van der Waals surface area contributed by atoms with Crippen molar-refractivity contribution in [2.24, 2.45) is 0 Å². The van der Waals surface area contributed by atoms with Crippen LogP contribution < -0.4 is 5.32 Å². The van der Waals surface area contributed by atoms with Crippen LogP contribution in [0.2, 0.25) is 0 Å². The Morgan fingerprint density at radius 3 is 2.65 bits per heavy atom. The first kappa shape index (κ1) is 11.3. The van der Waals surface area contributed by atoms with Gasteiger partial charge in [0.15, 0.2) is 5.89 Å². The largest absolute Gasteiger partial charge is 0.436 e. The van der Waals surface area contributed by atoms with E-state index in [9.17, 15) is 9.18 Å². The monoisotopic (exact) mass is 234 g/mol. The Labute approximate surface area is 97.5 Å². The van der Waals surface area contributed by atoms with Gasteiger partial charge in [-0.05, 0) is 19.1 Å². The van der Waals surface area contributed by atoms with Crippen molar-refractivity contribution in [2.75, 3.05) is 5.32 Å². The first-order chi connectivity index (χ1) is 8.08. The lowest BCUT2D eigenvalue weighted by molar-refractivity contribution is 0.0994. The summed E-state index contributed by atoms with van der Waals surface area (Å²) in [5, 5.41) is 2.43. The van der Waals surface area contributed by atoms with Crippen molar-refractivity contribution in [3.05, 3.63) is 47.4 Å². The Morgan fingerprint density at radius 2 is 2.06 bits per heavy atom. The zero-order chi connectivity index (χ0) is 12.4. The summed E-state index contributed by atoms with van der Waals surface area (Å²) in [4.78, 5) is 15.8. The number of aromatic nitrogens is 1. The lowest BCUT2D eigenvalue weighted by atomic mass is 10.3. The van der Waals surface area contributed by atoms with E-state index in [-0.39, 0.29) is 11.4 Å². The molecule has 4 nitrogen and oxygen atoms in total. The van der Waals surface area contributed by atoms with Gasteiger partial charge >= 0.3 is 0 Å². The zero-order valence-electron chi connectivity index (χ0n) is 9.45. The first-order valence-electron chi connectivity index (χ1n) is 5.08. The molecule has 0 atom stereocenters. The van der Waals surface area contributed by atoms with E-state index in [0.717, 1.165) is 0 Å². The normalized spacial score (nSPS) is 10.3. The van der Waals surface area contributed by atoms with Crippen LogP contribution >= 0.6 is 0 Å². The van der Waals surface area contributed by atoms with Gasteiger partial charge in [-0.1, -0.05) is 12.1 Å². The molecule has 0 fully saturated rings. The van der Waals surface area contributed by atoms with Crippen LogP contribution in [0.25, 0.3) is 0 Å². The van der Waals surface area contributed by atoms with Crippen LogP contribution in [0.1, 0.15) is 22.1 Å². The molecule has 0 saturated carbocycles. The number of para-hydroxylation sites is 1. The number of anilines is 1. The van der Waals surface area contributed by atoms with E-state index in [2.05, 4.69) is 10.3 Å². The predicted molar refractivity (Wildman–Crippen MR) is 60.3 cm³/mol. The van der Waals surface area contributed by atoms with E-state index < -0.39 is 11.7 Å². The highest BCUT2D eigenvalue weighted by Gasteiger charge is 2.16. The van der Waals surface area contributed by atoms with Crippen molar-refractivity contribution in [1.29, 1.82) is 0 Å². The van der Waals surface area contributed by atoms with E-state index in [1.54, 1.807) is 26.0 Å². The molecule has 1 heterocycles. The number of amides is 1. The lowest BCUT2D eigenvalue weighted by Crippen LogP contribution is -2.13. The fourth-order valence-corrected chi connectivity index (χ4v) is 1.48. The van der Waals surface area contributed by atoms with Crippen molar-refractivity contribution in [3.8, 4) is 0 Å². The third-order valence-electron chi connectivity index (χ3n) is 2.23. The fraction of sp³-hybridized carbons (Fsp3) is 0.167. The Kier molecular flexibility index (Phi) is 2.91. The highest BCUT2D eigenvalue weighted by Crippen LogP contribution is 2.16. The van der Waals surface area contributed by atoms with Crippen molar-refractivity contribution < 1.29 is 13.6 Å². The summed E-state index contributed by atoms with van der Waals surface area (Å²) in [5.41, 5.74) is 0.599. The number of nitrogens with zero attached hydrogens (tertiary/aromatic N) is 1. The van der Waals surface area contributed by atoms with Crippen molar-refractivity contribution in [3.63, 3.8) is 0 Å². The van der Waals surface area contributed by atoms with Crippen LogP contribution in [0.5, 0.6) is 0 Å². The molecule has 2 rings (SSSR count). The molecule has 0 unspecified atom stereocenters. The summed E-state index contributed by atoms with van der Waals surface area (Å²) in [7, 11) is 0. The fourth-order valence-electron chi connectivity index (χ4n) is 1.48. The third-order valence-corrected chi connectivity index (χ3v) is 2.23. The van der Waals surface area contributed by atoms with Gasteiger partial charge in [-0.2, -0.15) is 0 Å². The maximum Gasteiger partial charge on any atom is 0.293 e. The average molecular weight is 234 g/mol. The lowest BCUT2D eigenvalue weighted by Gasteiger charge is -2.03. The molecule has 0 aliphatic carbocycles. The van der Waals surface area contributed by atoms with Gasteiger partial charge in [0.1, 0.15) is 5.82 Å². The van der Waals surface area contributed by atoms with Crippen LogP contribution in [-0.2, 0) is 0 Å². The highest BCUT2D eigenvalue weighted by atomic mass is 19.1. The molecule has 1 aromatic carbocycles. The number of benzene rings is 1. The van der Waals surface area contributed by atoms with Crippen LogP contribution in [0.15, 0.2) is 28.7 Å². The number of hydrogen-bond acceptors (Lipinski definition) is 3. The molecule has 17 heavy (non-hydrogen) atoms. The van der Waals surface area contributed by atoms with Crippen molar-refractivity contribution >= 4 is 11.6 Å². The Balaban J connectivity index is 2.23. The van der Waals surface area contributed by atoms with Gasteiger partial charge in [0.2, 0.25) is 5.76 Å². The number of hydrogen-bond donors (Lipinski definition) is 1. The number of carbonyl (C=O) groups is 1. The minimum absolute atomic E-state index is 0.103. The second-order valence-corrected chi connectivity index (χ2v) is 3.58. The number of nitrogens with one attached hydrogen (secondary N) is 1. The predicted octanol–water partition coefficient (Wildman–Crippen LogP) is 2.68. The second-order valence-electron chi connectivity index (χ2n) is 3.58. The molecule has 0 aliphatic rings. The Hall–Kier alpha value is -2.17. The van der Waals surface area contributed by atoms with Gasteiger partial charge in [0.25, 0.3) is 5.91 Å². The van der Waals surface area contributed by atoms with E-state index in [0.29, 0.717) is 11.6 Å². The molecule has 1 aromatic heterocycles. The number of oxazole rings is 1. The quantitative estimate of drug-likeness (QED) is 0.869. The standard InChI is InChI=1S/C12H11FN2O2/c1-7-11(17-8(2)14-7)12(16)15-10-6-4-3-5-9(10)13/h3-6H,1-2H3,(H,15,16). The molecule has 0 aliphatic heterocycles. The van der Waals surface area contributed by atoms with Gasteiger partial charge in [0, 0.05) is 6.92 Å². The van der Waals surface area contributed by atoms with E-state index in [4.69, 9.17) is 4.42 Å². The second kappa shape index (κ2) is 4.37. The summed E-state index contributed by atoms with van der Waals surface area (Å²) >= 11 is 0. The van der Waals surface area contributed by atoms with Gasteiger partial charge < -0.3 is 9.73 Å². The first-order valence-corrected chi connectivity index (χ1v) is 5.08. The van der Waals surface area contributed by atoms with E-state index >= 15 is 0 Å². The van der Waals surface area contributed by atoms with Crippen LogP contribution in [-0.4, -0.2) is 10.9 Å². The Bertz CT molecular complexity index is 563. The third kappa shape index (κ3) is 2.33. The Morgan fingerprint density at radius 1 is 1.35 bits per heavy atom. The summed E-state index contributed by atoms with van der Waals surface area (Å²) in [5.74, 6) is -0.491. The minimum Gasteiger partial charge on any atom is -0.436 e. The molecule has 0 radical (unpaired) electrons. The van der Waals surface area contributed by atoms with Gasteiger partial charge in [-0.25, -0.2) is 9.37 Å². The number of carbonyl (C=O) groups excluding carboxylic acids is 1. The molecular weight excluding hydrogens is 223 g/mol. The molecule has 5 heteroatoms. The van der Waals surface area contributed by atoms with E-state index in [1.165, 1.54) is 12.1 Å². The van der Waals surface area contributed by atoms with Gasteiger partial charge in [-0.15, -0.1) is 0 Å². The number of halogens is 1.